The quantitative estimate of drug-likeness (QED) is 0.171. The van der Waals surface area contributed by atoms with Crippen LogP contribution in [0.1, 0.15) is 84.0 Å². The summed E-state index contributed by atoms with van der Waals surface area (Å²) in [6.07, 6.45) is 6.35. The summed E-state index contributed by atoms with van der Waals surface area (Å²) in [5, 5.41) is 0. The Morgan fingerprint density at radius 1 is 0.729 bits per heavy atom. The van der Waals surface area contributed by atoms with Crippen LogP contribution in [0.4, 0.5) is 41.4 Å². The van der Waals surface area contributed by atoms with Gasteiger partial charge in [0.15, 0.2) is 11.2 Å². The number of ether oxygens (including phenoxy) is 3. The zero-order valence-corrected chi connectivity index (χ0v) is 27.5. The molecule has 3 aliphatic rings. The molecule has 3 fully saturated rings. The highest BCUT2D eigenvalue weighted by Crippen LogP contribution is 3.02. The summed E-state index contributed by atoms with van der Waals surface area (Å²) in [5.74, 6) is -6.83. The van der Waals surface area contributed by atoms with Crippen molar-refractivity contribution in [3.05, 3.63) is 47.8 Å². The number of alkyl halides is 2. The van der Waals surface area contributed by atoms with E-state index in [4.69, 9.17) is 14.2 Å². The maximum atomic E-state index is 15.2. The first-order valence-corrected chi connectivity index (χ1v) is 18.6. The van der Waals surface area contributed by atoms with E-state index < -0.39 is 61.5 Å². The van der Waals surface area contributed by atoms with Crippen LogP contribution in [0.15, 0.2) is 35.2 Å². The normalized spacial score (nSPS) is 28.8. The number of hydrogen-bond acceptors (Lipinski definition) is 3. The topological polar surface area (TPSA) is 27.7 Å². The highest BCUT2D eigenvalue weighted by molar-refractivity contribution is 8.45. The third-order valence-corrected chi connectivity index (χ3v) is 11.4. The fourth-order valence-corrected chi connectivity index (χ4v) is 8.47. The lowest BCUT2D eigenvalue weighted by atomic mass is 9.69. The van der Waals surface area contributed by atoms with E-state index in [-0.39, 0.29) is 31.3 Å². The number of rotatable bonds is 11. The van der Waals surface area contributed by atoms with Crippen molar-refractivity contribution >= 4 is 10.2 Å². The van der Waals surface area contributed by atoms with Gasteiger partial charge in [-0.05, 0) is 99.5 Å². The van der Waals surface area contributed by atoms with E-state index in [1.54, 1.807) is 0 Å². The smallest absolute Gasteiger partial charge is 0.400 e. The van der Waals surface area contributed by atoms with Gasteiger partial charge < -0.3 is 14.2 Å². The van der Waals surface area contributed by atoms with Crippen LogP contribution in [-0.2, 0) is 9.47 Å². The predicted molar refractivity (Wildman–Crippen MR) is 163 cm³/mol. The van der Waals surface area contributed by atoms with E-state index in [1.807, 2.05) is 0 Å². The molecule has 3 nitrogen and oxygen atoms in total. The van der Waals surface area contributed by atoms with Gasteiger partial charge in [-0.1, -0.05) is 45.6 Å². The molecule has 48 heavy (non-hydrogen) atoms. The van der Waals surface area contributed by atoms with Gasteiger partial charge >= 0.3 is 16.3 Å². The van der Waals surface area contributed by atoms with Crippen molar-refractivity contribution in [3.8, 4) is 16.9 Å². The Kier molecular flexibility index (Phi) is 10.4. The summed E-state index contributed by atoms with van der Waals surface area (Å²) in [6.45, 7) is 3.64. The van der Waals surface area contributed by atoms with Crippen molar-refractivity contribution in [2.45, 2.75) is 101 Å². The summed E-state index contributed by atoms with van der Waals surface area (Å²) >= 11 is 0. The number of halogens is 10. The van der Waals surface area contributed by atoms with Crippen LogP contribution in [0.2, 0.25) is 0 Å². The van der Waals surface area contributed by atoms with Crippen LogP contribution in [0, 0.1) is 47.0 Å². The van der Waals surface area contributed by atoms with Gasteiger partial charge in [0.05, 0.1) is 19.1 Å². The first-order chi connectivity index (χ1) is 22.3. The second kappa shape index (κ2) is 13.5. The number of hydrogen-bond donors (Lipinski definition) is 0. The van der Waals surface area contributed by atoms with E-state index in [2.05, 4.69) is 6.92 Å². The lowest BCUT2D eigenvalue weighted by molar-refractivity contribution is -0.232. The molecule has 5 rings (SSSR count). The monoisotopic (exact) mass is 720 g/mol. The average Bonchev–Trinajstić information content (AvgIpc) is 3.00. The minimum absolute atomic E-state index is 0.0866. The molecule has 0 radical (unpaired) electrons. The van der Waals surface area contributed by atoms with Crippen molar-refractivity contribution in [1.82, 2.24) is 0 Å². The Labute approximate surface area is 274 Å². The Bertz CT molecular complexity index is 1390. The molecule has 0 amide bonds. The van der Waals surface area contributed by atoms with E-state index in [0.29, 0.717) is 42.6 Å². The van der Waals surface area contributed by atoms with Gasteiger partial charge in [-0.25, -0.2) is 13.2 Å². The minimum atomic E-state index is -10.7. The molecule has 272 valence electrons. The van der Waals surface area contributed by atoms with Crippen LogP contribution in [0.25, 0.3) is 11.1 Å². The zero-order chi connectivity index (χ0) is 35.0. The van der Waals surface area contributed by atoms with Crippen LogP contribution in [0.5, 0.6) is 5.75 Å². The fraction of sp³-hybridized carbons (Fsp3) is 0.647. The second-order valence-electron chi connectivity index (χ2n) is 13.7. The number of benzene rings is 2. The van der Waals surface area contributed by atoms with Crippen LogP contribution in [-0.4, -0.2) is 25.6 Å². The SMILES string of the molecule is CCCCCC1COC(C2CCC(C3CCC(C(F)(F)Oc4ccc(-c5cc(F)c(S(F)(F)(F)(F)F)c(F)c5)c(F)c4)CC3)CC2)OC1. The molecule has 1 saturated heterocycles. The third-order valence-electron chi connectivity index (χ3n) is 10.2. The molecule has 2 aromatic rings. The summed E-state index contributed by atoms with van der Waals surface area (Å²) in [5.41, 5.74) is -1.52. The predicted octanol–water partition coefficient (Wildman–Crippen LogP) is 12.6. The van der Waals surface area contributed by atoms with Gasteiger partial charge in [0.1, 0.15) is 23.2 Å². The largest absolute Gasteiger partial charge is 0.432 e. The lowest BCUT2D eigenvalue weighted by Gasteiger charge is -2.41. The summed E-state index contributed by atoms with van der Waals surface area (Å²) in [6, 6.07) is 1.98. The van der Waals surface area contributed by atoms with Crippen molar-refractivity contribution in [1.29, 1.82) is 0 Å². The van der Waals surface area contributed by atoms with Crippen molar-refractivity contribution < 1.29 is 55.6 Å². The second-order valence-corrected chi connectivity index (χ2v) is 16.1. The standard InChI is InChI=1S/C34H42F10O3S/c1-2-3-4-5-21-19-45-33(46-20-21)24-8-6-22(7-9-24)23-10-12-26(13-11-23)34(38,39)47-27-14-15-28(29(35)18-27)25-16-30(36)32(31(37)17-25)48(40,41,42,43)44/h14-18,21-24,26,33H,2-13,19-20H2,1H3. The molecular weight excluding hydrogens is 678 g/mol. The average molecular weight is 721 g/mol. The van der Waals surface area contributed by atoms with Gasteiger partial charge in [-0.2, -0.15) is 8.78 Å². The minimum Gasteiger partial charge on any atom is -0.432 e. The lowest BCUT2D eigenvalue weighted by Crippen LogP contribution is -2.40. The van der Waals surface area contributed by atoms with Crippen LogP contribution < -0.4 is 4.74 Å². The highest BCUT2D eigenvalue weighted by atomic mass is 32.5. The van der Waals surface area contributed by atoms with Gasteiger partial charge in [0.2, 0.25) is 0 Å². The van der Waals surface area contributed by atoms with Crippen molar-refractivity contribution in [3.63, 3.8) is 0 Å². The van der Waals surface area contributed by atoms with E-state index in [0.717, 1.165) is 57.5 Å². The van der Waals surface area contributed by atoms with Crippen molar-refractivity contribution in [2.75, 3.05) is 13.2 Å². The molecule has 1 aliphatic heterocycles. The Morgan fingerprint density at radius 2 is 1.27 bits per heavy atom. The molecule has 14 heteroatoms. The van der Waals surface area contributed by atoms with Crippen LogP contribution in [0.3, 0.4) is 0 Å². The molecule has 0 unspecified atom stereocenters. The third kappa shape index (κ3) is 8.93. The number of unbranched alkanes of at least 4 members (excludes halogenated alkanes) is 2. The van der Waals surface area contributed by atoms with Crippen LogP contribution >= 0.6 is 10.2 Å². The Hall–Kier alpha value is -2.19. The van der Waals surface area contributed by atoms with Gasteiger partial charge in [-0.15, -0.1) is 0 Å². The van der Waals surface area contributed by atoms with E-state index in [9.17, 15) is 32.6 Å². The summed E-state index contributed by atoms with van der Waals surface area (Å²) < 4.78 is 155. The van der Waals surface area contributed by atoms with Gasteiger partial charge in [0, 0.05) is 23.5 Å². The summed E-state index contributed by atoms with van der Waals surface area (Å²) in [7, 11) is -10.7. The highest BCUT2D eigenvalue weighted by Gasteiger charge is 2.69. The maximum Gasteiger partial charge on any atom is 0.400 e. The Morgan fingerprint density at radius 3 is 1.79 bits per heavy atom. The maximum absolute atomic E-state index is 15.2. The molecule has 1 heterocycles. The molecule has 2 saturated carbocycles. The Balaban J connectivity index is 1.11. The molecule has 0 spiro atoms. The summed E-state index contributed by atoms with van der Waals surface area (Å²) in [4.78, 5) is -3.34. The fourth-order valence-electron chi connectivity index (χ4n) is 7.61. The van der Waals surface area contributed by atoms with Gasteiger partial charge in [0.25, 0.3) is 0 Å². The zero-order valence-electron chi connectivity index (χ0n) is 26.7. The molecule has 2 aromatic carbocycles. The van der Waals surface area contributed by atoms with E-state index >= 15 is 8.78 Å². The van der Waals surface area contributed by atoms with Gasteiger partial charge in [-0.3, -0.25) is 0 Å². The van der Waals surface area contributed by atoms with E-state index in [1.165, 1.54) is 19.3 Å². The molecule has 2 aliphatic carbocycles. The first kappa shape index (κ1) is 37.1. The van der Waals surface area contributed by atoms with Crippen molar-refractivity contribution in [2.24, 2.45) is 29.6 Å². The molecular formula is C34H42F10O3S. The molecule has 0 N–H and O–H groups in total. The molecule has 0 atom stereocenters. The molecule has 0 aromatic heterocycles. The molecule has 0 bridgehead atoms. The first-order valence-electron chi connectivity index (χ1n) is 16.7.